The van der Waals surface area contributed by atoms with Crippen LogP contribution in [0.1, 0.15) is 51.7 Å². The molecule has 0 atom stereocenters. The summed E-state index contributed by atoms with van der Waals surface area (Å²) in [6.07, 6.45) is 3.77. The molecule has 0 radical (unpaired) electrons. The van der Waals surface area contributed by atoms with Crippen LogP contribution in [0.3, 0.4) is 0 Å². The number of carbonyl (C=O) groups is 2. The summed E-state index contributed by atoms with van der Waals surface area (Å²) in [7, 11) is 0. The van der Waals surface area contributed by atoms with E-state index in [1.165, 1.54) is 25.5 Å². The first-order valence-corrected chi connectivity index (χ1v) is 8.84. The first kappa shape index (κ1) is 19.2. The highest BCUT2D eigenvalue weighted by Crippen LogP contribution is 2.24. The van der Waals surface area contributed by atoms with Crippen LogP contribution in [0.4, 0.5) is 0 Å². The molecule has 1 aliphatic heterocycles. The number of nitrogens with zero attached hydrogens (tertiary/aromatic N) is 1. The molecule has 0 bridgehead atoms. The van der Waals surface area contributed by atoms with E-state index in [2.05, 4.69) is 18.7 Å². The molecular formula is C20H27NO4. The van der Waals surface area contributed by atoms with Gasteiger partial charge in [0, 0.05) is 20.4 Å². The zero-order valence-electron chi connectivity index (χ0n) is 15.5. The monoisotopic (exact) mass is 345 g/mol. The van der Waals surface area contributed by atoms with E-state index in [1.54, 1.807) is 0 Å². The Balaban J connectivity index is 2.09. The standard InChI is InChI=1S/C20H27NO4/c1-5-11-21(12-6-2)14-16-9-7-15(8-10-16)13-17-18(22)24-20(3,4)25-19(17)23/h7-10,13H,5-6,11-12,14H2,1-4H3. The molecule has 1 heterocycles. The number of rotatable bonds is 7. The number of cyclic esters (lactones) is 2. The third-order valence-corrected chi connectivity index (χ3v) is 3.89. The van der Waals surface area contributed by atoms with Gasteiger partial charge in [0.05, 0.1) is 0 Å². The van der Waals surface area contributed by atoms with Gasteiger partial charge in [-0.15, -0.1) is 0 Å². The number of esters is 2. The van der Waals surface area contributed by atoms with Crippen molar-refractivity contribution in [3.63, 3.8) is 0 Å². The molecule has 0 N–H and O–H groups in total. The second-order valence-corrected chi connectivity index (χ2v) is 6.75. The Morgan fingerprint density at radius 2 is 1.48 bits per heavy atom. The van der Waals surface area contributed by atoms with Crippen molar-refractivity contribution in [1.29, 1.82) is 0 Å². The van der Waals surface area contributed by atoms with Crippen molar-refractivity contribution in [1.82, 2.24) is 4.90 Å². The summed E-state index contributed by atoms with van der Waals surface area (Å²) in [5, 5.41) is 0. The molecule has 0 aliphatic carbocycles. The first-order valence-electron chi connectivity index (χ1n) is 8.84. The Bertz CT molecular complexity index is 618. The molecule has 1 aliphatic rings. The highest BCUT2D eigenvalue weighted by atomic mass is 16.7. The van der Waals surface area contributed by atoms with E-state index < -0.39 is 17.7 Å². The normalized spacial score (nSPS) is 16.6. The summed E-state index contributed by atoms with van der Waals surface area (Å²) in [4.78, 5) is 26.4. The number of benzene rings is 1. The zero-order valence-corrected chi connectivity index (χ0v) is 15.5. The van der Waals surface area contributed by atoms with Crippen molar-refractivity contribution in [3.8, 4) is 0 Å². The third kappa shape index (κ3) is 5.43. The van der Waals surface area contributed by atoms with Gasteiger partial charge in [0.2, 0.25) is 0 Å². The maximum absolute atomic E-state index is 12.0. The highest BCUT2D eigenvalue weighted by Gasteiger charge is 2.38. The van der Waals surface area contributed by atoms with Crippen LogP contribution in [0.25, 0.3) is 6.08 Å². The van der Waals surface area contributed by atoms with Gasteiger partial charge in [-0.25, -0.2) is 9.59 Å². The average Bonchev–Trinajstić information content (AvgIpc) is 2.52. The molecule has 2 rings (SSSR count). The van der Waals surface area contributed by atoms with Gasteiger partial charge in [0.15, 0.2) is 0 Å². The van der Waals surface area contributed by atoms with E-state index in [0.717, 1.165) is 38.0 Å². The molecule has 1 fully saturated rings. The lowest BCUT2D eigenvalue weighted by Gasteiger charge is -2.29. The van der Waals surface area contributed by atoms with E-state index in [9.17, 15) is 9.59 Å². The minimum absolute atomic E-state index is 0.0781. The predicted molar refractivity (Wildman–Crippen MR) is 96.5 cm³/mol. The van der Waals surface area contributed by atoms with Crippen LogP contribution in [0.5, 0.6) is 0 Å². The lowest BCUT2D eigenvalue weighted by molar-refractivity contribution is -0.222. The van der Waals surface area contributed by atoms with Gasteiger partial charge in [-0.3, -0.25) is 4.90 Å². The summed E-state index contributed by atoms with van der Waals surface area (Å²) in [5.41, 5.74) is 1.90. The first-order chi connectivity index (χ1) is 11.8. The van der Waals surface area contributed by atoms with Crippen LogP contribution in [-0.4, -0.2) is 35.7 Å². The fourth-order valence-electron chi connectivity index (χ4n) is 2.82. The SMILES string of the molecule is CCCN(CCC)Cc1ccc(C=C2C(=O)OC(C)(C)OC2=O)cc1. The third-order valence-electron chi connectivity index (χ3n) is 3.89. The quantitative estimate of drug-likeness (QED) is 0.430. The van der Waals surface area contributed by atoms with E-state index in [4.69, 9.17) is 9.47 Å². The molecule has 0 aromatic heterocycles. The van der Waals surface area contributed by atoms with Crippen LogP contribution >= 0.6 is 0 Å². The van der Waals surface area contributed by atoms with Crippen molar-refractivity contribution in [2.24, 2.45) is 0 Å². The maximum atomic E-state index is 12.0. The van der Waals surface area contributed by atoms with Crippen LogP contribution in [0, 0.1) is 0 Å². The minimum Gasteiger partial charge on any atom is -0.419 e. The molecular weight excluding hydrogens is 318 g/mol. The van der Waals surface area contributed by atoms with Gasteiger partial charge in [0.25, 0.3) is 5.79 Å². The van der Waals surface area contributed by atoms with Gasteiger partial charge >= 0.3 is 11.9 Å². The maximum Gasteiger partial charge on any atom is 0.348 e. The van der Waals surface area contributed by atoms with E-state index in [1.807, 2.05) is 24.3 Å². The molecule has 1 aromatic carbocycles. The Hall–Kier alpha value is -2.14. The summed E-state index contributed by atoms with van der Waals surface area (Å²) >= 11 is 0. The molecule has 1 aromatic rings. The smallest absolute Gasteiger partial charge is 0.348 e. The van der Waals surface area contributed by atoms with Crippen molar-refractivity contribution in [3.05, 3.63) is 41.0 Å². The molecule has 5 heteroatoms. The van der Waals surface area contributed by atoms with Gasteiger partial charge in [-0.1, -0.05) is 38.1 Å². The van der Waals surface area contributed by atoms with Gasteiger partial charge < -0.3 is 9.47 Å². The molecule has 0 unspecified atom stereocenters. The largest absolute Gasteiger partial charge is 0.419 e. The molecule has 0 spiro atoms. The van der Waals surface area contributed by atoms with Gasteiger partial charge in [0.1, 0.15) is 5.57 Å². The molecule has 0 saturated carbocycles. The van der Waals surface area contributed by atoms with Crippen LogP contribution < -0.4 is 0 Å². The van der Waals surface area contributed by atoms with Crippen molar-refractivity contribution < 1.29 is 19.1 Å². The fraction of sp³-hybridized carbons (Fsp3) is 0.500. The van der Waals surface area contributed by atoms with Crippen LogP contribution in [0.2, 0.25) is 0 Å². The summed E-state index contributed by atoms with van der Waals surface area (Å²) in [6, 6.07) is 7.85. The van der Waals surface area contributed by atoms with Gasteiger partial charge in [-0.05, 0) is 43.1 Å². The molecule has 136 valence electrons. The molecule has 1 saturated heterocycles. The zero-order chi connectivity index (χ0) is 18.4. The molecule has 25 heavy (non-hydrogen) atoms. The summed E-state index contributed by atoms with van der Waals surface area (Å²) in [5.74, 6) is -2.51. The fourth-order valence-corrected chi connectivity index (χ4v) is 2.82. The van der Waals surface area contributed by atoms with Crippen molar-refractivity contribution >= 4 is 18.0 Å². The van der Waals surface area contributed by atoms with Crippen LogP contribution in [-0.2, 0) is 25.6 Å². The summed E-state index contributed by atoms with van der Waals surface area (Å²) < 4.78 is 10.2. The van der Waals surface area contributed by atoms with Crippen molar-refractivity contribution in [2.45, 2.75) is 52.9 Å². The van der Waals surface area contributed by atoms with E-state index >= 15 is 0 Å². The van der Waals surface area contributed by atoms with Gasteiger partial charge in [-0.2, -0.15) is 0 Å². The number of hydrogen-bond acceptors (Lipinski definition) is 5. The lowest BCUT2D eigenvalue weighted by Crippen LogP contribution is -2.41. The Labute approximate surface area is 149 Å². The second kappa shape index (κ2) is 8.30. The average molecular weight is 345 g/mol. The van der Waals surface area contributed by atoms with E-state index in [-0.39, 0.29) is 5.57 Å². The minimum atomic E-state index is -1.21. The lowest BCUT2D eigenvalue weighted by atomic mass is 10.1. The summed E-state index contributed by atoms with van der Waals surface area (Å²) in [6.45, 7) is 10.5. The molecule has 5 nitrogen and oxygen atoms in total. The predicted octanol–water partition coefficient (Wildman–Crippen LogP) is 3.53. The molecule has 0 amide bonds. The number of hydrogen-bond donors (Lipinski definition) is 0. The van der Waals surface area contributed by atoms with Crippen LogP contribution in [0.15, 0.2) is 29.8 Å². The Kier molecular flexibility index (Phi) is 6.37. The number of ether oxygens (including phenoxy) is 2. The van der Waals surface area contributed by atoms with Crippen molar-refractivity contribution in [2.75, 3.05) is 13.1 Å². The highest BCUT2D eigenvalue weighted by molar-refractivity contribution is 6.18. The topological polar surface area (TPSA) is 55.8 Å². The second-order valence-electron chi connectivity index (χ2n) is 6.75. The Morgan fingerprint density at radius 1 is 0.960 bits per heavy atom. The number of carbonyl (C=O) groups excluding carboxylic acids is 2. The van der Waals surface area contributed by atoms with E-state index in [0.29, 0.717) is 0 Å². The Morgan fingerprint density at radius 3 is 1.96 bits per heavy atom.